The van der Waals surface area contributed by atoms with Crippen LogP contribution in [0.4, 0.5) is 8.78 Å². The molecule has 9 nitrogen and oxygen atoms in total. The van der Waals surface area contributed by atoms with Gasteiger partial charge in [-0.1, -0.05) is 13.8 Å². The zero-order chi connectivity index (χ0) is 29.9. The molecule has 3 heterocycles. The van der Waals surface area contributed by atoms with Gasteiger partial charge >= 0.3 is 5.97 Å². The van der Waals surface area contributed by atoms with Gasteiger partial charge in [-0.2, -0.15) is 5.10 Å². The first-order chi connectivity index (χ1) is 19.4. The van der Waals surface area contributed by atoms with Gasteiger partial charge in [0.1, 0.15) is 12.4 Å². The van der Waals surface area contributed by atoms with Crippen molar-refractivity contribution in [2.45, 2.75) is 57.1 Å². The number of carboxylic acids is 1. The fourth-order valence-electron chi connectivity index (χ4n) is 5.09. The van der Waals surface area contributed by atoms with Gasteiger partial charge in [0.2, 0.25) is 5.88 Å². The van der Waals surface area contributed by atoms with Gasteiger partial charge in [0.15, 0.2) is 10.8 Å². The predicted octanol–water partition coefficient (Wildman–Crippen LogP) is 4.50. The van der Waals surface area contributed by atoms with Crippen molar-refractivity contribution < 1.29 is 23.4 Å². The van der Waals surface area contributed by atoms with Crippen LogP contribution in [0.1, 0.15) is 50.4 Å². The van der Waals surface area contributed by atoms with Crippen LogP contribution in [0.3, 0.4) is 0 Å². The van der Waals surface area contributed by atoms with Gasteiger partial charge in [-0.3, -0.25) is 19.5 Å². The molecule has 0 saturated carbocycles. The van der Waals surface area contributed by atoms with Gasteiger partial charge in [-0.05, 0) is 79.2 Å². The van der Waals surface area contributed by atoms with Crippen LogP contribution >= 0.6 is 11.9 Å². The lowest BCUT2D eigenvalue weighted by atomic mass is 9.88. The van der Waals surface area contributed by atoms with Gasteiger partial charge in [0.05, 0.1) is 17.7 Å². The third-order valence-corrected chi connectivity index (χ3v) is 7.84. The van der Waals surface area contributed by atoms with E-state index in [-0.39, 0.29) is 29.9 Å². The van der Waals surface area contributed by atoms with Crippen molar-refractivity contribution >= 4 is 17.9 Å². The standard InChI is InChI=1S/C29H38F2N6O3S/c1-18(2)21-13-20(30)14-22(23(21)15-26(38)39)19-6-7-33-25(12-19)40-17-29(3,4)37-24(27(31)28(34-37)41-32)16-36-10-8-35(5)9-11-36/h6-7,12-14,18H,8-11,15-17,32H2,1-5H3,(H,38,39). The molecule has 0 aliphatic carbocycles. The molecule has 4 rings (SSSR count). The summed E-state index contributed by atoms with van der Waals surface area (Å²) in [6.07, 6.45) is 1.30. The normalized spacial score (nSPS) is 15.0. The maximum absolute atomic E-state index is 15.4. The molecule has 1 aliphatic heterocycles. The Kier molecular flexibility index (Phi) is 9.68. The Balaban J connectivity index is 1.60. The van der Waals surface area contributed by atoms with Gasteiger partial charge in [-0.25, -0.2) is 13.8 Å². The quantitative estimate of drug-likeness (QED) is 0.313. The van der Waals surface area contributed by atoms with Crippen LogP contribution in [0.5, 0.6) is 5.88 Å². The van der Waals surface area contributed by atoms with Crippen LogP contribution in [-0.2, 0) is 23.3 Å². The first-order valence-corrected chi connectivity index (χ1v) is 14.5. The summed E-state index contributed by atoms with van der Waals surface area (Å²) >= 11 is 0.773. The monoisotopic (exact) mass is 588 g/mol. The Morgan fingerprint density at radius 2 is 1.90 bits per heavy atom. The van der Waals surface area contributed by atoms with Gasteiger partial charge in [0, 0.05) is 45.0 Å². The van der Waals surface area contributed by atoms with Crippen molar-refractivity contribution in [1.82, 2.24) is 24.6 Å². The summed E-state index contributed by atoms with van der Waals surface area (Å²) in [7, 11) is 2.07. The minimum Gasteiger partial charge on any atom is -0.481 e. The molecule has 1 aromatic carbocycles. The van der Waals surface area contributed by atoms with Crippen molar-refractivity contribution in [1.29, 1.82) is 0 Å². The highest BCUT2D eigenvalue weighted by Gasteiger charge is 2.31. The lowest BCUT2D eigenvalue weighted by molar-refractivity contribution is -0.136. The van der Waals surface area contributed by atoms with Gasteiger partial charge < -0.3 is 14.7 Å². The number of nitrogens with zero attached hydrogens (tertiary/aromatic N) is 5. The van der Waals surface area contributed by atoms with Crippen molar-refractivity contribution in [2.24, 2.45) is 5.14 Å². The molecule has 222 valence electrons. The molecule has 0 radical (unpaired) electrons. The number of carbonyl (C=O) groups is 1. The van der Waals surface area contributed by atoms with E-state index in [1.807, 2.05) is 27.7 Å². The number of likely N-dealkylation sites (N-methyl/N-ethyl adjacent to an activating group) is 1. The zero-order valence-electron chi connectivity index (χ0n) is 24.2. The number of pyridine rings is 1. The number of hydrogen-bond acceptors (Lipinski definition) is 8. The van der Waals surface area contributed by atoms with Gasteiger partial charge in [0.25, 0.3) is 0 Å². The van der Waals surface area contributed by atoms with Crippen molar-refractivity contribution in [3.05, 3.63) is 58.9 Å². The fourth-order valence-corrected chi connectivity index (χ4v) is 5.44. The number of aromatic nitrogens is 3. The molecule has 1 aliphatic rings. The number of ether oxygens (including phenoxy) is 1. The molecule has 2 aromatic heterocycles. The van der Waals surface area contributed by atoms with Crippen LogP contribution in [-0.4, -0.2) is 75.5 Å². The summed E-state index contributed by atoms with van der Waals surface area (Å²) in [5.74, 6) is -1.67. The summed E-state index contributed by atoms with van der Waals surface area (Å²) < 4.78 is 37.7. The number of benzene rings is 1. The third-order valence-electron chi connectivity index (χ3n) is 7.36. The van der Waals surface area contributed by atoms with E-state index in [1.54, 1.807) is 16.8 Å². The molecule has 1 saturated heterocycles. The van der Waals surface area contributed by atoms with E-state index in [2.05, 4.69) is 26.9 Å². The number of piperazine rings is 1. The number of carboxylic acid groups (broad SMARTS) is 1. The Bertz CT molecular complexity index is 1390. The van der Waals surface area contributed by atoms with E-state index in [9.17, 15) is 14.3 Å². The summed E-state index contributed by atoms with van der Waals surface area (Å²) in [4.78, 5) is 20.4. The molecular formula is C29H38F2N6O3S. The average molecular weight is 589 g/mol. The second-order valence-electron chi connectivity index (χ2n) is 11.4. The lowest BCUT2D eigenvalue weighted by Gasteiger charge is -2.33. The Morgan fingerprint density at radius 1 is 1.20 bits per heavy atom. The molecule has 1 fully saturated rings. The van der Waals surface area contributed by atoms with Crippen molar-refractivity contribution in [2.75, 3.05) is 39.8 Å². The zero-order valence-corrected chi connectivity index (χ0v) is 25.0. The lowest BCUT2D eigenvalue weighted by Crippen LogP contribution is -2.45. The molecule has 3 N–H and O–H groups in total. The summed E-state index contributed by atoms with van der Waals surface area (Å²) in [5, 5.41) is 19.9. The number of halogens is 2. The molecular weight excluding hydrogens is 550 g/mol. The first-order valence-electron chi connectivity index (χ1n) is 13.6. The predicted molar refractivity (Wildman–Crippen MR) is 155 cm³/mol. The summed E-state index contributed by atoms with van der Waals surface area (Å²) in [6, 6.07) is 6.10. The van der Waals surface area contributed by atoms with Crippen LogP contribution < -0.4 is 9.88 Å². The fraction of sp³-hybridized carbons (Fsp3) is 0.483. The van der Waals surface area contributed by atoms with Crippen LogP contribution in [0.25, 0.3) is 11.1 Å². The Morgan fingerprint density at radius 3 is 2.54 bits per heavy atom. The summed E-state index contributed by atoms with van der Waals surface area (Å²) in [5.41, 5.74) is 1.94. The van der Waals surface area contributed by atoms with E-state index in [1.165, 1.54) is 18.3 Å². The average Bonchev–Trinajstić information content (AvgIpc) is 3.25. The summed E-state index contributed by atoms with van der Waals surface area (Å²) in [6.45, 7) is 11.6. The van der Waals surface area contributed by atoms with E-state index >= 15 is 4.39 Å². The largest absolute Gasteiger partial charge is 0.481 e. The minimum atomic E-state index is -0.999. The number of aliphatic carboxylic acids is 1. The molecule has 3 aromatic rings. The maximum Gasteiger partial charge on any atom is 0.307 e. The maximum atomic E-state index is 15.4. The molecule has 0 unspecified atom stereocenters. The van der Waals surface area contributed by atoms with Crippen LogP contribution in [0.2, 0.25) is 0 Å². The Labute approximate surface area is 243 Å². The van der Waals surface area contributed by atoms with E-state index < -0.39 is 23.1 Å². The minimum absolute atomic E-state index is 0.0664. The molecule has 41 heavy (non-hydrogen) atoms. The first kappa shape index (κ1) is 30.9. The van der Waals surface area contributed by atoms with Crippen molar-refractivity contribution in [3.63, 3.8) is 0 Å². The molecule has 0 bridgehead atoms. The van der Waals surface area contributed by atoms with Crippen LogP contribution in [0, 0.1) is 11.6 Å². The van der Waals surface area contributed by atoms with E-state index in [0.29, 0.717) is 34.5 Å². The molecule has 12 heteroatoms. The van der Waals surface area contributed by atoms with E-state index in [0.717, 1.165) is 38.1 Å². The highest BCUT2D eigenvalue weighted by molar-refractivity contribution is 7.97. The molecule has 0 spiro atoms. The number of rotatable bonds is 11. The van der Waals surface area contributed by atoms with E-state index in [4.69, 9.17) is 9.88 Å². The highest BCUT2D eigenvalue weighted by atomic mass is 32.2. The SMILES string of the molecule is CC(C)c1cc(F)cc(-c2ccnc(OCC(C)(C)n3nc(SN)c(F)c3CN3CCN(C)CC3)c2)c1CC(=O)O. The van der Waals surface area contributed by atoms with Gasteiger partial charge in [-0.15, -0.1) is 0 Å². The van der Waals surface area contributed by atoms with Crippen LogP contribution in [0.15, 0.2) is 35.5 Å². The number of hydrogen-bond donors (Lipinski definition) is 2. The number of nitrogens with two attached hydrogens (primary N) is 1. The Hall–Kier alpha value is -3.06. The molecule has 0 atom stereocenters. The topological polar surface area (TPSA) is 110 Å². The second kappa shape index (κ2) is 12.8. The third kappa shape index (κ3) is 7.24. The molecule has 0 amide bonds. The smallest absolute Gasteiger partial charge is 0.307 e. The second-order valence-corrected chi connectivity index (χ2v) is 12.0. The van der Waals surface area contributed by atoms with Crippen molar-refractivity contribution in [3.8, 4) is 17.0 Å². The highest BCUT2D eigenvalue weighted by Crippen LogP contribution is 2.34.